The van der Waals surface area contributed by atoms with E-state index in [2.05, 4.69) is 16.0 Å². The second-order valence-corrected chi connectivity index (χ2v) is 6.79. The summed E-state index contributed by atoms with van der Waals surface area (Å²) in [5, 5.41) is 7.85. The molecule has 0 unspecified atom stereocenters. The quantitative estimate of drug-likeness (QED) is 0.649. The van der Waals surface area contributed by atoms with E-state index >= 15 is 0 Å². The van der Waals surface area contributed by atoms with Crippen molar-refractivity contribution in [1.29, 1.82) is 0 Å². The number of rotatable bonds is 6. The molecule has 1 fully saturated rings. The van der Waals surface area contributed by atoms with Crippen LogP contribution in [-0.2, 0) is 16.1 Å². The molecule has 0 radical (unpaired) electrons. The van der Waals surface area contributed by atoms with Gasteiger partial charge in [-0.1, -0.05) is 36.4 Å². The molecule has 1 aliphatic heterocycles. The smallest absolute Gasteiger partial charge is 0.324 e. The van der Waals surface area contributed by atoms with Crippen molar-refractivity contribution >= 4 is 29.4 Å². The zero-order valence-electron chi connectivity index (χ0n) is 16.2. The zero-order valence-corrected chi connectivity index (χ0v) is 16.2. The van der Waals surface area contributed by atoms with Crippen molar-refractivity contribution in [2.45, 2.75) is 20.4 Å². The molecule has 8 heteroatoms. The summed E-state index contributed by atoms with van der Waals surface area (Å²) >= 11 is 0. The predicted molar refractivity (Wildman–Crippen MR) is 107 cm³/mol. The summed E-state index contributed by atoms with van der Waals surface area (Å²) in [5.74, 6) is -1.15. The largest absolute Gasteiger partial charge is 0.343 e. The Bertz CT molecular complexity index is 950. The normalized spacial score (nSPS) is 13.2. The lowest BCUT2D eigenvalue weighted by molar-refractivity contribution is -0.125. The van der Waals surface area contributed by atoms with Crippen molar-refractivity contribution in [1.82, 2.24) is 15.5 Å². The van der Waals surface area contributed by atoms with Gasteiger partial charge in [0, 0.05) is 11.3 Å². The summed E-state index contributed by atoms with van der Waals surface area (Å²) in [4.78, 5) is 49.5. The molecule has 0 atom stereocenters. The molecule has 0 aliphatic carbocycles. The van der Waals surface area contributed by atoms with Crippen LogP contribution in [0.25, 0.3) is 0 Å². The van der Waals surface area contributed by atoms with Crippen LogP contribution in [-0.4, -0.2) is 41.7 Å². The summed E-state index contributed by atoms with van der Waals surface area (Å²) in [6.07, 6.45) is 0. The SMILES string of the molecule is Cc1cccc(C)c1NC(=O)CNC(=O)c1ccccc1CN1C(=O)CNC1=O. The Balaban J connectivity index is 1.64. The topological polar surface area (TPSA) is 108 Å². The molecule has 0 spiro atoms. The first-order chi connectivity index (χ1) is 13.9. The molecule has 2 aromatic rings. The van der Waals surface area contributed by atoms with Gasteiger partial charge in [-0.15, -0.1) is 0 Å². The molecule has 29 heavy (non-hydrogen) atoms. The van der Waals surface area contributed by atoms with Crippen LogP contribution in [0.4, 0.5) is 10.5 Å². The highest BCUT2D eigenvalue weighted by atomic mass is 16.2. The van der Waals surface area contributed by atoms with Crippen LogP contribution in [0.2, 0.25) is 0 Å². The summed E-state index contributed by atoms with van der Waals surface area (Å²) < 4.78 is 0. The molecular formula is C21H22N4O4. The van der Waals surface area contributed by atoms with E-state index in [-0.39, 0.29) is 31.4 Å². The van der Waals surface area contributed by atoms with E-state index in [1.54, 1.807) is 24.3 Å². The highest BCUT2D eigenvalue weighted by Crippen LogP contribution is 2.19. The number of amides is 5. The number of nitrogens with one attached hydrogen (secondary N) is 3. The maximum Gasteiger partial charge on any atom is 0.324 e. The van der Waals surface area contributed by atoms with E-state index in [1.165, 1.54) is 0 Å². The van der Waals surface area contributed by atoms with E-state index in [9.17, 15) is 19.2 Å². The molecule has 0 saturated carbocycles. The number of nitrogens with zero attached hydrogens (tertiary/aromatic N) is 1. The lowest BCUT2D eigenvalue weighted by Crippen LogP contribution is -2.35. The first-order valence-electron chi connectivity index (χ1n) is 9.17. The summed E-state index contributed by atoms with van der Waals surface area (Å²) in [5.41, 5.74) is 3.42. The Hall–Kier alpha value is -3.68. The van der Waals surface area contributed by atoms with Gasteiger partial charge in [0.25, 0.3) is 5.91 Å². The molecule has 0 bridgehead atoms. The number of carbonyl (C=O) groups is 4. The second kappa shape index (κ2) is 8.55. The van der Waals surface area contributed by atoms with Gasteiger partial charge in [-0.3, -0.25) is 19.3 Å². The molecule has 2 aromatic carbocycles. The third kappa shape index (κ3) is 4.60. The fraction of sp³-hybridized carbons (Fsp3) is 0.238. The van der Waals surface area contributed by atoms with Crippen LogP contribution in [0.15, 0.2) is 42.5 Å². The predicted octanol–water partition coefficient (Wildman–Crippen LogP) is 1.72. The molecule has 1 heterocycles. The van der Waals surface area contributed by atoms with E-state index in [4.69, 9.17) is 0 Å². The molecule has 1 saturated heterocycles. The van der Waals surface area contributed by atoms with Gasteiger partial charge in [0.1, 0.15) is 0 Å². The molecule has 0 aromatic heterocycles. The molecule has 1 aliphatic rings. The second-order valence-electron chi connectivity index (χ2n) is 6.79. The average molecular weight is 394 g/mol. The maximum absolute atomic E-state index is 12.6. The zero-order chi connectivity index (χ0) is 21.0. The van der Waals surface area contributed by atoms with Crippen molar-refractivity contribution in [2.24, 2.45) is 0 Å². The van der Waals surface area contributed by atoms with E-state index in [0.717, 1.165) is 21.7 Å². The van der Waals surface area contributed by atoms with Crippen molar-refractivity contribution in [3.05, 3.63) is 64.7 Å². The number of hydrogen-bond acceptors (Lipinski definition) is 4. The molecule has 8 nitrogen and oxygen atoms in total. The first-order valence-corrected chi connectivity index (χ1v) is 9.17. The average Bonchev–Trinajstić information content (AvgIpc) is 3.01. The van der Waals surface area contributed by atoms with E-state index in [0.29, 0.717) is 11.1 Å². The van der Waals surface area contributed by atoms with Crippen LogP contribution < -0.4 is 16.0 Å². The summed E-state index contributed by atoms with van der Waals surface area (Å²) in [7, 11) is 0. The standard InChI is InChI=1S/C21H22N4O4/c1-13-6-5-7-14(2)19(13)24-17(26)10-22-20(28)16-9-4-3-8-15(16)12-25-18(27)11-23-21(25)29/h3-9H,10-12H2,1-2H3,(H,22,28)(H,23,29)(H,24,26). The number of urea groups is 1. The van der Waals surface area contributed by atoms with Gasteiger partial charge in [0.05, 0.1) is 19.6 Å². The fourth-order valence-corrected chi connectivity index (χ4v) is 3.12. The van der Waals surface area contributed by atoms with Crippen molar-refractivity contribution in [3.63, 3.8) is 0 Å². The first kappa shape index (κ1) is 20.1. The van der Waals surface area contributed by atoms with Gasteiger partial charge >= 0.3 is 6.03 Å². The maximum atomic E-state index is 12.6. The van der Waals surface area contributed by atoms with E-state index in [1.807, 2.05) is 32.0 Å². The Morgan fingerprint density at radius 1 is 1.03 bits per heavy atom. The minimum Gasteiger partial charge on any atom is -0.343 e. The van der Waals surface area contributed by atoms with Gasteiger partial charge in [0.15, 0.2) is 0 Å². The molecular weight excluding hydrogens is 372 g/mol. The van der Waals surface area contributed by atoms with Gasteiger partial charge in [-0.05, 0) is 36.6 Å². The highest BCUT2D eigenvalue weighted by molar-refractivity contribution is 6.03. The Morgan fingerprint density at radius 3 is 2.38 bits per heavy atom. The van der Waals surface area contributed by atoms with Gasteiger partial charge in [-0.2, -0.15) is 0 Å². The number of imide groups is 1. The molecule has 150 valence electrons. The van der Waals surface area contributed by atoms with Crippen molar-refractivity contribution < 1.29 is 19.2 Å². The van der Waals surface area contributed by atoms with Gasteiger partial charge < -0.3 is 16.0 Å². The molecule has 3 N–H and O–H groups in total. The Morgan fingerprint density at radius 2 is 1.72 bits per heavy atom. The number of hydrogen-bond donors (Lipinski definition) is 3. The fourth-order valence-electron chi connectivity index (χ4n) is 3.12. The number of para-hydroxylation sites is 1. The minimum atomic E-state index is -0.488. The highest BCUT2D eigenvalue weighted by Gasteiger charge is 2.29. The van der Waals surface area contributed by atoms with Crippen LogP contribution >= 0.6 is 0 Å². The van der Waals surface area contributed by atoms with E-state index < -0.39 is 11.9 Å². The Labute approximate surface area is 168 Å². The third-order valence-electron chi connectivity index (χ3n) is 4.68. The molecule has 5 amide bonds. The van der Waals surface area contributed by atoms with Crippen LogP contribution in [0, 0.1) is 13.8 Å². The monoisotopic (exact) mass is 394 g/mol. The van der Waals surface area contributed by atoms with Crippen LogP contribution in [0.3, 0.4) is 0 Å². The van der Waals surface area contributed by atoms with Crippen molar-refractivity contribution in [3.8, 4) is 0 Å². The van der Waals surface area contributed by atoms with Crippen molar-refractivity contribution in [2.75, 3.05) is 18.4 Å². The number of benzene rings is 2. The lowest BCUT2D eigenvalue weighted by atomic mass is 10.1. The summed E-state index contributed by atoms with van der Waals surface area (Å²) in [6.45, 7) is 3.53. The molecule has 3 rings (SSSR count). The lowest BCUT2D eigenvalue weighted by Gasteiger charge is -2.16. The van der Waals surface area contributed by atoms with Gasteiger partial charge in [-0.25, -0.2) is 4.79 Å². The third-order valence-corrected chi connectivity index (χ3v) is 4.68. The van der Waals surface area contributed by atoms with Gasteiger partial charge in [0.2, 0.25) is 11.8 Å². The number of carbonyl (C=O) groups excluding carboxylic acids is 4. The van der Waals surface area contributed by atoms with Crippen LogP contribution in [0.5, 0.6) is 0 Å². The minimum absolute atomic E-state index is 0.0111. The van der Waals surface area contributed by atoms with Crippen LogP contribution in [0.1, 0.15) is 27.0 Å². The number of anilines is 1. The Kier molecular flexibility index (Phi) is 5.92. The summed E-state index contributed by atoms with van der Waals surface area (Å²) in [6, 6.07) is 11.9. The number of aryl methyl sites for hydroxylation is 2.